The minimum Gasteiger partial charge on any atom is -0.464 e. The molecule has 5 nitrogen and oxygen atoms in total. The Bertz CT molecular complexity index is 876. The summed E-state index contributed by atoms with van der Waals surface area (Å²) in [4.78, 5) is 0.806. The van der Waals surface area contributed by atoms with Gasteiger partial charge in [-0.05, 0) is 25.1 Å². The lowest BCUT2D eigenvalue weighted by molar-refractivity contribution is 0.582. The summed E-state index contributed by atoms with van der Waals surface area (Å²) in [6.07, 6.45) is 1.68. The van der Waals surface area contributed by atoms with Gasteiger partial charge in [-0.15, -0.1) is 10.2 Å². The van der Waals surface area contributed by atoms with E-state index in [9.17, 15) is 0 Å². The van der Waals surface area contributed by atoms with Gasteiger partial charge < -0.3 is 4.42 Å². The quantitative estimate of drug-likeness (QED) is 0.565. The smallest absolute Gasteiger partial charge is 0.234 e. The van der Waals surface area contributed by atoms with E-state index in [2.05, 4.69) is 21.4 Å². The van der Waals surface area contributed by atoms with Crippen LogP contribution in [0.25, 0.3) is 26.9 Å². The molecule has 6 heteroatoms. The molecule has 20 heavy (non-hydrogen) atoms. The van der Waals surface area contributed by atoms with Gasteiger partial charge in [0.15, 0.2) is 5.82 Å². The minimum atomic E-state index is 0.796. The van der Waals surface area contributed by atoms with Crippen LogP contribution in [0.2, 0.25) is 0 Å². The van der Waals surface area contributed by atoms with E-state index in [1.807, 2.05) is 37.3 Å². The Balaban J connectivity index is 1.83. The number of benzene rings is 1. The first-order valence-electron chi connectivity index (χ1n) is 6.14. The molecular weight excluding hydrogens is 272 g/mol. The predicted molar refractivity (Wildman–Crippen MR) is 76.5 cm³/mol. The third-order valence-electron chi connectivity index (χ3n) is 3.06. The molecule has 0 aliphatic rings. The Morgan fingerprint density at radius 1 is 1.10 bits per heavy atom. The van der Waals surface area contributed by atoms with Crippen LogP contribution >= 0.6 is 11.3 Å². The molecule has 0 radical (unpaired) electrons. The van der Waals surface area contributed by atoms with E-state index >= 15 is 0 Å². The summed E-state index contributed by atoms with van der Waals surface area (Å²) in [5, 5.41) is 13.5. The van der Waals surface area contributed by atoms with E-state index in [0.29, 0.717) is 0 Å². The maximum absolute atomic E-state index is 5.43. The Kier molecular flexibility index (Phi) is 2.43. The molecule has 0 unspecified atom stereocenters. The first-order valence-corrected chi connectivity index (χ1v) is 6.96. The van der Waals surface area contributed by atoms with Crippen molar-refractivity contribution in [3.63, 3.8) is 0 Å². The van der Waals surface area contributed by atoms with Crippen molar-refractivity contribution in [3.05, 3.63) is 48.5 Å². The van der Waals surface area contributed by atoms with E-state index in [1.54, 1.807) is 10.8 Å². The summed E-state index contributed by atoms with van der Waals surface area (Å²) in [6, 6.07) is 12.0. The lowest BCUT2D eigenvalue weighted by Crippen LogP contribution is -1.88. The second-order valence-electron chi connectivity index (χ2n) is 4.41. The molecule has 3 heterocycles. The highest BCUT2D eigenvalue weighted by atomic mass is 32.1. The monoisotopic (exact) mass is 282 g/mol. The molecule has 0 atom stereocenters. The maximum Gasteiger partial charge on any atom is 0.234 e. The number of aromatic nitrogens is 4. The lowest BCUT2D eigenvalue weighted by Gasteiger charge is -1.99. The fourth-order valence-corrected chi connectivity index (χ4v) is 2.96. The summed E-state index contributed by atoms with van der Waals surface area (Å²) in [7, 11) is 0. The van der Waals surface area contributed by atoms with E-state index in [0.717, 1.165) is 32.7 Å². The van der Waals surface area contributed by atoms with Crippen LogP contribution in [0.3, 0.4) is 0 Å². The molecular formula is C14H10N4OS. The summed E-state index contributed by atoms with van der Waals surface area (Å²) in [5.74, 6) is 1.65. The summed E-state index contributed by atoms with van der Waals surface area (Å²) < 4.78 is 7.19. The zero-order valence-electron chi connectivity index (χ0n) is 10.6. The zero-order valence-corrected chi connectivity index (χ0v) is 11.5. The average Bonchev–Trinajstić information content (AvgIpc) is 3.18. The van der Waals surface area contributed by atoms with Gasteiger partial charge in [0, 0.05) is 11.1 Å². The van der Waals surface area contributed by atoms with Crippen LogP contribution < -0.4 is 0 Å². The minimum absolute atomic E-state index is 0.796. The molecule has 0 N–H and O–H groups in total. The number of furan rings is 1. The summed E-state index contributed by atoms with van der Waals surface area (Å²) in [5.41, 5.74) is 2.09. The van der Waals surface area contributed by atoms with Crippen molar-refractivity contribution < 1.29 is 4.42 Å². The number of hydrogen-bond acceptors (Lipinski definition) is 5. The van der Waals surface area contributed by atoms with Gasteiger partial charge in [0.25, 0.3) is 0 Å². The van der Waals surface area contributed by atoms with Crippen molar-refractivity contribution in [3.8, 4) is 21.9 Å². The van der Waals surface area contributed by atoms with Crippen LogP contribution in [0.5, 0.6) is 0 Å². The number of fused-ring (bicyclic) bond motifs is 1. The third-order valence-corrected chi connectivity index (χ3v) is 4.01. The van der Waals surface area contributed by atoms with Gasteiger partial charge in [-0.25, -0.2) is 0 Å². The largest absolute Gasteiger partial charge is 0.464 e. The molecule has 0 fully saturated rings. The van der Waals surface area contributed by atoms with E-state index in [4.69, 9.17) is 4.42 Å². The van der Waals surface area contributed by atoms with Crippen LogP contribution in [0, 0.1) is 6.92 Å². The van der Waals surface area contributed by atoms with Crippen LogP contribution in [0.4, 0.5) is 0 Å². The van der Waals surface area contributed by atoms with Crippen LogP contribution in [-0.2, 0) is 0 Å². The van der Waals surface area contributed by atoms with Gasteiger partial charge in [-0.2, -0.15) is 9.61 Å². The molecule has 0 aliphatic carbocycles. The number of hydrogen-bond donors (Lipinski definition) is 0. The molecule has 98 valence electrons. The van der Waals surface area contributed by atoms with Crippen LogP contribution in [-0.4, -0.2) is 19.8 Å². The number of aryl methyl sites for hydroxylation is 1. The van der Waals surface area contributed by atoms with Crippen LogP contribution in [0.15, 0.2) is 47.1 Å². The maximum atomic E-state index is 5.43. The molecule has 4 aromatic rings. The van der Waals surface area contributed by atoms with Gasteiger partial charge in [-0.3, -0.25) is 0 Å². The van der Waals surface area contributed by atoms with Crippen molar-refractivity contribution in [2.75, 3.05) is 0 Å². The molecule has 0 saturated carbocycles. The Morgan fingerprint density at radius 2 is 2.00 bits per heavy atom. The van der Waals surface area contributed by atoms with E-state index < -0.39 is 0 Å². The molecule has 4 rings (SSSR count). The van der Waals surface area contributed by atoms with Crippen molar-refractivity contribution in [1.29, 1.82) is 0 Å². The number of rotatable bonds is 2. The standard InChI is InChI=1S/C14H10N4OS/c1-9-15-16-14-18(9)17-13(20-14)11-5-2-4-10(8-11)12-6-3-7-19-12/h2-8H,1H3. The molecule has 0 saturated heterocycles. The van der Waals surface area contributed by atoms with Crippen molar-refractivity contribution in [1.82, 2.24) is 19.8 Å². The summed E-state index contributed by atoms with van der Waals surface area (Å²) >= 11 is 1.52. The van der Waals surface area contributed by atoms with Crippen molar-refractivity contribution in [2.45, 2.75) is 6.92 Å². The number of nitrogens with zero attached hydrogens (tertiary/aromatic N) is 4. The van der Waals surface area contributed by atoms with Gasteiger partial charge in [-0.1, -0.05) is 29.5 Å². The first kappa shape index (κ1) is 11.4. The summed E-state index contributed by atoms with van der Waals surface area (Å²) in [6.45, 7) is 1.89. The van der Waals surface area contributed by atoms with Crippen molar-refractivity contribution >= 4 is 16.3 Å². The predicted octanol–water partition coefficient (Wildman–Crippen LogP) is 3.42. The highest BCUT2D eigenvalue weighted by Crippen LogP contribution is 2.29. The van der Waals surface area contributed by atoms with E-state index in [-0.39, 0.29) is 0 Å². The average molecular weight is 282 g/mol. The van der Waals surface area contributed by atoms with Crippen molar-refractivity contribution in [2.24, 2.45) is 0 Å². The normalized spacial score (nSPS) is 11.2. The zero-order chi connectivity index (χ0) is 13.5. The molecule has 0 aliphatic heterocycles. The second-order valence-corrected chi connectivity index (χ2v) is 5.36. The van der Waals surface area contributed by atoms with Gasteiger partial charge in [0.2, 0.25) is 4.96 Å². The third kappa shape index (κ3) is 1.73. The van der Waals surface area contributed by atoms with Gasteiger partial charge in [0.1, 0.15) is 10.8 Å². The van der Waals surface area contributed by atoms with Crippen LogP contribution in [0.1, 0.15) is 5.82 Å². The Labute approximate surface area is 118 Å². The molecule has 0 spiro atoms. The Hall–Kier alpha value is -2.47. The first-order chi connectivity index (χ1) is 9.81. The fraction of sp³-hybridized carbons (Fsp3) is 0.0714. The van der Waals surface area contributed by atoms with Gasteiger partial charge in [0.05, 0.1) is 6.26 Å². The molecule has 0 amide bonds. The molecule has 1 aromatic carbocycles. The highest BCUT2D eigenvalue weighted by molar-refractivity contribution is 7.19. The Morgan fingerprint density at radius 3 is 2.80 bits per heavy atom. The molecule has 0 bridgehead atoms. The second kappa shape index (κ2) is 4.28. The topological polar surface area (TPSA) is 56.2 Å². The molecule has 3 aromatic heterocycles. The highest BCUT2D eigenvalue weighted by Gasteiger charge is 2.11. The lowest BCUT2D eigenvalue weighted by atomic mass is 10.1. The van der Waals surface area contributed by atoms with E-state index in [1.165, 1.54) is 11.3 Å². The fourth-order valence-electron chi connectivity index (χ4n) is 2.08. The SMILES string of the molecule is Cc1nnc2sc(-c3cccc(-c4ccco4)c3)nn12. The van der Waals surface area contributed by atoms with Gasteiger partial charge >= 0.3 is 0 Å².